The van der Waals surface area contributed by atoms with Gasteiger partial charge in [0.15, 0.2) is 0 Å². The van der Waals surface area contributed by atoms with Crippen LogP contribution in [0, 0.1) is 12.7 Å². The van der Waals surface area contributed by atoms with E-state index in [0.717, 1.165) is 11.3 Å². The Morgan fingerprint density at radius 1 is 1.35 bits per heavy atom. The summed E-state index contributed by atoms with van der Waals surface area (Å²) in [6, 6.07) is 6.65. The molecule has 0 unspecified atom stereocenters. The van der Waals surface area contributed by atoms with Gasteiger partial charge < -0.3 is 11.1 Å². The molecule has 0 radical (unpaired) electrons. The Kier molecular flexibility index (Phi) is 3.28. The number of benzene rings is 1. The predicted molar refractivity (Wildman–Crippen MR) is 70.8 cm³/mol. The van der Waals surface area contributed by atoms with Crippen molar-refractivity contribution in [3.05, 3.63) is 46.3 Å². The van der Waals surface area contributed by atoms with Gasteiger partial charge in [-0.3, -0.25) is 0 Å². The number of aromatic nitrogens is 1. The normalized spacial score (nSPS) is 10.3. The first-order chi connectivity index (χ1) is 8.06. The lowest BCUT2D eigenvalue weighted by Crippen LogP contribution is -1.96. The number of nitrogen functional groups attached to an aromatic ring is 1. The van der Waals surface area contributed by atoms with E-state index in [9.17, 15) is 4.39 Å². The molecule has 1 aromatic carbocycles. The van der Waals surface area contributed by atoms with Crippen molar-refractivity contribution in [1.29, 1.82) is 0 Å². The Hall–Kier alpha value is -1.62. The van der Waals surface area contributed by atoms with Crippen LogP contribution >= 0.6 is 15.9 Å². The number of nitrogens with one attached hydrogen (secondary N) is 1. The maximum atomic E-state index is 13.4. The molecule has 0 bridgehead atoms. The van der Waals surface area contributed by atoms with E-state index in [-0.39, 0.29) is 5.82 Å². The average Bonchev–Trinajstić information content (AvgIpc) is 2.29. The number of rotatable bonds is 2. The lowest BCUT2D eigenvalue weighted by molar-refractivity contribution is 0.621. The number of nitrogens with two attached hydrogens (primary N) is 1. The molecule has 0 fully saturated rings. The van der Waals surface area contributed by atoms with Gasteiger partial charge in [-0.05, 0) is 52.7 Å². The molecule has 1 heterocycles. The van der Waals surface area contributed by atoms with E-state index in [4.69, 9.17) is 5.73 Å². The summed E-state index contributed by atoms with van der Waals surface area (Å²) >= 11 is 3.14. The Morgan fingerprint density at radius 3 is 2.76 bits per heavy atom. The zero-order valence-corrected chi connectivity index (χ0v) is 10.8. The largest absolute Gasteiger partial charge is 0.384 e. The second-order valence-corrected chi connectivity index (χ2v) is 4.53. The van der Waals surface area contributed by atoms with Crippen molar-refractivity contribution in [3.63, 3.8) is 0 Å². The zero-order valence-electron chi connectivity index (χ0n) is 9.17. The molecule has 2 rings (SSSR count). The zero-order chi connectivity index (χ0) is 12.4. The Morgan fingerprint density at radius 2 is 2.12 bits per heavy atom. The number of hydrogen-bond acceptors (Lipinski definition) is 3. The molecule has 3 nitrogen and oxygen atoms in total. The summed E-state index contributed by atoms with van der Waals surface area (Å²) < 4.78 is 13.9. The van der Waals surface area contributed by atoms with Crippen molar-refractivity contribution in [2.75, 3.05) is 11.1 Å². The summed E-state index contributed by atoms with van der Waals surface area (Å²) in [6.07, 6.45) is 1.61. The molecular weight excluding hydrogens is 285 g/mol. The second-order valence-electron chi connectivity index (χ2n) is 3.68. The van der Waals surface area contributed by atoms with Crippen molar-refractivity contribution in [2.45, 2.75) is 6.92 Å². The SMILES string of the molecule is Cc1cc(Br)c(F)cc1Nc1ccc(N)nc1. The second kappa shape index (κ2) is 4.71. The molecule has 88 valence electrons. The Bertz CT molecular complexity index is 540. The van der Waals surface area contributed by atoms with Crippen molar-refractivity contribution >= 4 is 33.1 Å². The third kappa shape index (κ3) is 2.74. The quantitative estimate of drug-likeness (QED) is 0.890. The van der Waals surface area contributed by atoms with E-state index in [1.807, 2.05) is 6.92 Å². The van der Waals surface area contributed by atoms with Crippen molar-refractivity contribution in [3.8, 4) is 0 Å². The molecule has 0 aliphatic carbocycles. The summed E-state index contributed by atoms with van der Waals surface area (Å²) in [6.45, 7) is 1.90. The van der Waals surface area contributed by atoms with Gasteiger partial charge in [0.25, 0.3) is 0 Å². The van der Waals surface area contributed by atoms with Crippen molar-refractivity contribution < 1.29 is 4.39 Å². The fourth-order valence-electron chi connectivity index (χ4n) is 1.42. The number of aryl methyl sites for hydroxylation is 1. The molecule has 0 atom stereocenters. The minimum atomic E-state index is -0.304. The Balaban J connectivity index is 2.30. The summed E-state index contributed by atoms with van der Waals surface area (Å²) in [5.41, 5.74) is 7.90. The number of nitrogens with zero attached hydrogens (tertiary/aromatic N) is 1. The molecular formula is C12H11BrFN3. The van der Waals surface area contributed by atoms with Crippen LogP contribution in [0.5, 0.6) is 0 Å². The topological polar surface area (TPSA) is 50.9 Å². The van der Waals surface area contributed by atoms with Crippen LogP contribution in [0.4, 0.5) is 21.6 Å². The van der Waals surface area contributed by atoms with Gasteiger partial charge in [0, 0.05) is 5.69 Å². The van der Waals surface area contributed by atoms with E-state index in [2.05, 4.69) is 26.2 Å². The summed E-state index contributed by atoms with van der Waals surface area (Å²) in [4.78, 5) is 3.96. The van der Waals surface area contributed by atoms with E-state index < -0.39 is 0 Å². The highest BCUT2D eigenvalue weighted by Crippen LogP contribution is 2.26. The fourth-order valence-corrected chi connectivity index (χ4v) is 1.87. The predicted octanol–water partition coefficient (Wildman–Crippen LogP) is 3.62. The lowest BCUT2D eigenvalue weighted by Gasteiger charge is -2.10. The molecule has 5 heteroatoms. The first kappa shape index (κ1) is 11.9. The average molecular weight is 296 g/mol. The number of halogens is 2. The van der Waals surface area contributed by atoms with Crippen LogP contribution in [0.25, 0.3) is 0 Å². The maximum Gasteiger partial charge on any atom is 0.139 e. The third-order valence-electron chi connectivity index (χ3n) is 2.33. The van der Waals surface area contributed by atoms with Crippen LogP contribution in [0.3, 0.4) is 0 Å². The highest BCUT2D eigenvalue weighted by atomic mass is 79.9. The smallest absolute Gasteiger partial charge is 0.139 e. The maximum absolute atomic E-state index is 13.4. The van der Waals surface area contributed by atoms with Gasteiger partial charge in [0.2, 0.25) is 0 Å². The molecule has 0 saturated carbocycles. The van der Waals surface area contributed by atoms with E-state index in [1.165, 1.54) is 6.07 Å². The third-order valence-corrected chi connectivity index (χ3v) is 2.94. The summed E-state index contributed by atoms with van der Waals surface area (Å²) in [5.74, 6) is 0.149. The molecule has 0 spiro atoms. The minimum Gasteiger partial charge on any atom is -0.384 e. The van der Waals surface area contributed by atoms with Crippen molar-refractivity contribution in [2.24, 2.45) is 0 Å². The Labute approximate surface area is 107 Å². The van der Waals surface area contributed by atoms with Gasteiger partial charge in [-0.25, -0.2) is 9.37 Å². The standard InChI is InChI=1S/C12H11BrFN3/c1-7-4-9(13)10(14)5-11(7)17-8-2-3-12(15)16-6-8/h2-6,17H,1H3,(H2,15,16). The number of pyridine rings is 1. The number of anilines is 3. The van der Waals surface area contributed by atoms with Crippen LogP contribution in [-0.4, -0.2) is 4.98 Å². The molecule has 17 heavy (non-hydrogen) atoms. The first-order valence-electron chi connectivity index (χ1n) is 5.00. The fraction of sp³-hybridized carbons (Fsp3) is 0.0833. The van der Waals surface area contributed by atoms with Gasteiger partial charge in [-0.2, -0.15) is 0 Å². The number of hydrogen-bond donors (Lipinski definition) is 2. The molecule has 0 saturated heterocycles. The van der Waals surface area contributed by atoms with E-state index >= 15 is 0 Å². The molecule has 0 amide bonds. The highest BCUT2D eigenvalue weighted by molar-refractivity contribution is 9.10. The van der Waals surface area contributed by atoms with E-state index in [1.54, 1.807) is 24.4 Å². The van der Waals surface area contributed by atoms with Crippen LogP contribution in [0.1, 0.15) is 5.56 Å². The summed E-state index contributed by atoms with van der Waals surface area (Å²) in [7, 11) is 0. The molecule has 2 aromatic rings. The van der Waals surface area contributed by atoms with Crippen molar-refractivity contribution in [1.82, 2.24) is 4.98 Å². The summed E-state index contributed by atoms with van der Waals surface area (Å²) in [5, 5.41) is 3.09. The van der Waals surface area contributed by atoms with Crippen LogP contribution in [0.15, 0.2) is 34.9 Å². The van der Waals surface area contributed by atoms with E-state index in [0.29, 0.717) is 16.0 Å². The van der Waals surface area contributed by atoms with Crippen LogP contribution < -0.4 is 11.1 Å². The molecule has 1 aromatic heterocycles. The van der Waals surface area contributed by atoms with Gasteiger partial charge in [-0.15, -0.1) is 0 Å². The minimum absolute atomic E-state index is 0.304. The monoisotopic (exact) mass is 295 g/mol. The van der Waals surface area contributed by atoms with Crippen LogP contribution in [0.2, 0.25) is 0 Å². The molecule has 0 aliphatic rings. The molecule has 3 N–H and O–H groups in total. The first-order valence-corrected chi connectivity index (χ1v) is 5.80. The molecule has 0 aliphatic heterocycles. The van der Waals surface area contributed by atoms with Gasteiger partial charge in [0.1, 0.15) is 11.6 Å². The highest BCUT2D eigenvalue weighted by Gasteiger charge is 2.05. The van der Waals surface area contributed by atoms with Gasteiger partial charge in [0.05, 0.1) is 16.4 Å². The lowest BCUT2D eigenvalue weighted by atomic mass is 10.2. The van der Waals surface area contributed by atoms with Crippen LogP contribution in [-0.2, 0) is 0 Å². The van der Waals surface area contributed by atoms with Gasteiger partial charge in [-0.1, -0.05) is 0 Å². The van der Waals surface area contributed by atoms with Gasteiger partial charge >= 0.3 is 0 Å².